The minimum Gasteiger partial charge on any atom is -0.479 e. The van der Waals surface area contributed by atoms with E-state index in [1.54, 1.807) is 24.3 Å². The maximum absolute atomic E-state index is 13.5. The van der Waals surface area contributed by atoms with Crippen molar-refractivity contribution < 1.29 is 18.3 Å². The molecule has 21 heavy (non-hydrogen) atoms. The van der Waals surface area contributed by atoms with Gasteiger partial charge in [0.1, 0.15) is 5.82 Å². The fraction of sp³-hybridized carbons (Fsp3) is 0.0714. The highest BCUT2D eigenvalue weighted by Crippen LogP contribution is 2.29. The van der Waals surface area contributed by atoms with Crippen molar-refractivity contribution >= 4 is 33.2 Å². The lowest BCUT2D eigenvalue weighted by Gasteiger charge is -2.10. The van der Waals surface area contributed by atoms with E-state index in [2.05, 4.69) is 21.2 Å². The summed E-state index contributed by atoms with van der Waals surface area (Å²) < 4.78 is 31.6. The van der Waals surface area contributed by atoms with E-state index in [9.17, 15) is 13.6 Å². The molecule has 0 aromatic heterocycles. The average molecular weight is 357 g/mol. The number of carbonyl (C=O) groups is 1. The third kappa shape index (κ3) is 4.16. The molecule has 3 N–H and O–H groups in total. The molecule has 0 heterocycles. The van der Waals surface area contributed by atoms with Gasteiger partial charge in [0.2, 0.25) is 0 Å². The van der Waals surface area contributed by atoms with Crippen LogP contribution in [0.1, 0.15) is 0 Å². The first-order valence-electron chi connectivity index (χ1n) is 5.88. The van der Waals surface area contributed by atoms with Gasteiger partial charge < -0.3 is 15.8 Å². The van der Waals surface area contributed by atoms with E-state index in [0.717, 1.165) is 6.07 Å². The molecular formula is C14H11BrF2N2O2. The van der Waals surface area contributed by atoms with E-state index in [-0.39, 0.29) is 10.2 Å². The van der Waals surface area contributed by atoms with Gasteiger partial charge in [0.05, 0.1) is 4.47 Å². The number of carbonyl (C=O) groups excluding carboxylic acids is 1. The summed E-state index contributed by atoms with van der Waals surface area (Å²) in [5.41, 5.74) is 6.63. The van der Waals surface area contributed by atoms with Crippen molar-refractivity contribution in [2.45, 2.75) is 0 Å². The topological polar surface area (TPSA) is 64.3 Å². The summed E-state index contributed by atoms with van der Waals surface area (Å²) in [4.78, 5) is 11.7. The molecule has 0 radical (unpaired) electrons. The lowest BCUT2D eigenvalue weighted by atomic mass is 10.3. The summed E-state index contributed by atoms with van der Waals surface area (Å²) in [7, 11) is 0. The summed E-state index contributed by atoms with van der Waals surface area (Å²) in [5, 5.41) is 2.56. The first kappa shape index (κ1) is 15.2. The Hall–Kier alpha value is -2.15. The standard InChI is InChI=1S/C14H11BrF2N2O2/c15-11-5-8(16)6-12(17)14(11)21-7-13(20)19-10-3-1-9(18)2-4-10/h1-6H,7,18H2,(H,19,20). The predicted octanol–water partition coefficient (Wildman–Crippen LogP) is 3.33. The van der Waals surface area contributed by atoms with Crippen LogP contribution in [-0.4, -0.2) is 12.5 Å². The molecule has 0 saturated heterocycles. The van der Waals surface area contributed by atoms with Crippen LogP contribution < -0.4 is 15.8 Å². The second kappa shape index (κ2) is 6.53. The Kier molecular flexibility index (Phi) is 4.74. The van der Waals surface area contributed by atoms with Crippen LogP contribution in [0.25, 0.3) is 0 Å². The number of halogens is 3. The van der Waals surface area contributed by atoms with Crippen molar-refractivity contribution in [2.75, 3.05) is 17.7 Å². The predicted molar refractivity (Wildman–Crippen MR) is 79.0 cm³/mol. The Bertz CT molecular complexity index is 640. The number of anilines is 2. The zero-order valence-electron chi connectivity index (χ0n) is 10.7. The second-order valence-electron chi connectivity index (χ2n) is 4.16. The van der Waals surface area contributed by atoms with E-state index in [0.29, 0.717) is 17.4 Å². The van der Waals surface area contributed by atoms with Gasteiger partial charge in [-0.25, -0.2) is 8.78 Å². The van der Waals surface area contributed by atoms with Gasteiger partial charge in [-0.1, -0.05) is 0 Å². The Balaban J connectivity index is 1.97. The van der Waals surface area contributed by atoms with E-state index < -0.39 is 24.1 Å². The Labute approximate surface area is 128 Å². The highest BCUT2D eigenvalue weighted by atomic mass is 79.9. The molecule has 1 amide bonds. The molecule has 110 valence electrons. The van der Waals surface area contributed by atoms with Crippen molar-refractivity contribution in [1.29, 1.82) is 0 Å². The van der Waals surface area contributed by atoms with Crippen molar-refractivity contribution in [2.24, 2.45) is 0 Å². The molecule has 0 spiro atoms. The first-order valence-corrected chi connectivity index (χ1v) is 6.68. The largest absolute Gasteiger partial charge is 0.479 e. The molecule has 2 aromatic rings. The summed E-state index contributed by atoms with van der Waals surface area (Å²) in [5.74, 6) is -2.32. The SMILES string of the molecule is Nc1ccc(NC(=O)COc2c(F)cc(F)cc2Br)cc1. The summed E-state index contributed by atoms with van der Waals surface area (Å²) in [6.45, 7) is -0.411. The van der Waals surface area contributed by atoms with E-state index in [4.69, 9.17) is 10.5 Å². The van der Waals surface area contributed by atoms with Gasteiger partial charge in [-0.2, -0.15) is 0 Å². The Morgan fingerprint density at radius 1 is 1.24 bits per heavy atom. The quantitative estimate of drug-likeness (QED) is 0.825. The molecule has 0 bridgehead atoms. The van der Waals surface area contributed by atoms with Gasteiger partial charge in [0, 0.05) is 17.4 Å². The third-order valence-electron chi connectivity index (χ3n) is 2.51. The van der Waals surface area contributed by atoms with Crippen LogP contribution in [0.3, 0.4) is 0 Å². The van der Waals surface area contributed by atoms with Crippen LogP contribution in [0.2, 0.25) is 0 Å². The number of hydrogen-bond donors (Lipinski definition) is 2. The molecule has 0 aliphatic carbocycles. The zero-order chi connectivity index (χ0) is 15.4. The lowest BCUT2D eigenvalue weighted by Crippen LogP contribution is -2.20. The van der Waals surface area contributed by atoms with Crippen LogP contribution in [-0.2, 0) is 4.79 Å². The number of rotatable bonds is 4. The number of nitrogens with two attached hydrogens (primary N) is 1. The van der Waals surface area contributed by atoms with Crippen molar-refractivity contribution in [3.63, 3.8) is 0 Å². The summed E-state index contributed by atoms with van der Waals surface area (Å²) in [6, 6.07) is 8.25. The minimum absolute atomic E-state index is 0.0975. The molecule has 4 nitrogen and oxygen atoms in total. The second-order valence-corrected chi connectivity index (χ2v) is 5.01. The van der Waals surface area contributed by atoms with Crippen LogP contribution in [0.4, 0.5) is 20.2 Å². The Morgan fingerprint density at radius 2 is 1.90 bits per heavy atom. The zero-order valence-corrected chi connectivity index (χ0v) is 12.3. The number of nitrogen functional groups attached to an aromatic ring is 1. The highest BCUT2D eigenvalue weighted by Gasteiger charge is 2.13. The first-order chi connectivity index (χ1) is 9.95. The summed E-state index contributed by atoms with van der Waals surface area (Å²) >= 11 is 2.97. The molecule has 0 saturated carbocycles. The van der Waals surface area contributed by atoms with Crippen LogP contribution in [0.15, 0.2) is 40.9 Å². The Morgan fingerprint density at radius 3 is 2.52 bits per heavy atom. The number of amides is 1. The van der Waals surface area contributed by atoms with Crippen LogP contribution in [0, 0.1) is 11.6 Å². The minimum atomic E-state index is -0.887. The molecule has 0 fully saturated rings. The molecule has 2 aromatic carbocycles. The molecule has 0 aliphatic heterocycles. The van der Waals surface area contributed by atoms with Gasteiger partial charge in [-0.05, 0) is 46.3 Å². The van der Waals surface area contributed by atoms with E-state index in [1.807, 2.05) is 0 Å². The normalized spacial score (nSPS) is 10.2. The number of ether oxygens (including phenoxy) is 1. The van der Waals surface area contributed by atoms with Gasteiger partial charge in [-0.3, -0.25) is 4.79 Å². The van der Waals surface area contributed by atoms with Gasteiger partial charge in [0.25, 0.3) is 5.91 Å². The lowest BCUT2D eigenvalue weighted by molar-refractivity contribution is -0.118. The summed E-state index contributed by atoms with van der Waals surface area (Å²) in [6.07, 6.45) is 0. The molecule has 7 heteroatoms. The fourth-order valence-electron chi connectivity index (χ4n) is 1.57. The maximum atomic E-state index is 13.5. The monoisotopic (exact) mass is 356 g/mol. The fourth-order valence-corrected chi connectivity index (χ4v) is 2.09. The van der Waals surface area contributed by atoms with Crippen molar-refractivity contribution in [3.05, 3.63) is 52.5 Å². The van der Waals surface area contributed by atoms with Crippen LogP contribution >= 0.6 is 15.9 Å². The molecule has 0 atom stereocenters. The average Bonchev–Trinajstić information content (AvgIpc) is 2.40. The molecular weight excluding hydrogens is 346 g/mol. The third-order valence-corrected chi connectivity index (χ3v) is 3.09. The smallest absolute Gasteiger partial charge is 0.262 e. The maximum Gasteiger partial charge on any atom is 0.262 e. The number of hydrogen-bond acceptors (Lipinski definition) is 3. The molecule has 0 aliphatic rings. The van der Waals surface area contributed by atoms with E-state index in [1.165, 1.54) is 0 Å². The van der Waals surface area contributed by atoms with Gasteiger partial charge in [0.15, 0.2) is 18.2 Å². The number of benzene rings is 2. The van der Waals surface area contributed by atoms with Crippen molar-refractivity contribution in [3.8, 4) is 5.75 Å². The highest BCUT2D eigenvalue weighted by molar-refractivity contribution is 9.10. The molecule has 0 unspecified atom stereocenters. The number of nitrogens with one attached hydrogen (secondary N) is 1. The van der Waals surface area contributed by atoms with Gasteiger partial charge in [-0.15, -0.1) is 0 Å². The van der Waals surface area contributed by atoms with E-state index >= 15 is 0 Å². The van der Waals surface area contributed by atoms with Crippen LogP contribution in [0.5, 0.6) is 5.75 Å². The van der Waals surface area contributed by atoms with Crippen molar-refractivity contribution in [1.82, 2.24) is 0 Å². The molecule has 2 rings (SSSR count). The van der Waals surface area contributed by atoms with Gasteiger partial charge >= 0.3 is 0 Å².